The molecule has 2 unspecified atom stereocenters. The Bertz CT molecular complexity index is 398. The lowest BCUT2D eigenvalue weighted by molar-refractivity contribution is -0.124. The summed E-state index contributed by atoms with van der Waals surface area (Å²) in [6.45, 7) is 2.20. The fourth-order valence-corrected chi connectivity index (χ4v) is 1.88. The molecule has 18 heavy (non-hydrogen) atoms. The van der Waals surface area contributed by atoms with Crippen molar-refractivity contribution in [3.05, 3.63) is 34.9 Å². The summed E-state index contributed by atoms with van der Waals surface area (Å²) in [4.78, 5) is 11.8. The van der Waals surface area contributed by atoms with E-state index >= 15 is 0 Å². The van der Waals surface area contributed by atoms with E-state index in [1.54, 1.807) is 6.07 Å². The van der Waals surface area contributed by atoms with E-state index in [1.165, 1.54) is 7.11 Å². The minimum atomic E-state index is -0.650. The standard InChI is InChI=1S/C13H19ClN2O2/c1-3-12(9-5-4-6-10(14)7-9)16-13(17)11(15)8-18-2/h4-7,11-12H,3,8,15H2,1-2H3,(H,16,17). The summed E-state index contributed by atoms with van der Waals surface area (Å²) in [5.74, 6) is -0.219. The van der Waals surface area contributed by atoms with Gasteiger partial charge < -0.3 is 15.8 Å². The summed E-state index contributed by atoms with van der Waals surface area (Å²) >= 11 is 5.94. The maximum absolute atomic E-state index is 11.8. The van der Waals surface area contributed by atoms with Crippen LogP contribution in [0, 0.1) is 0 Å². The van der Waals surface area contributed by atoms with Crippen LogP contribution in [0.3, 0.4) is 0 Å². The van der Waals surface area contributed by atoms with Crippen LogP contribution in [0.2, 0.25) is 5.02 Å². The van der Waals surface area contributed by atoms with Crippen LogP contribution in [0.15, 0.2) is 24.3 Å². The zero-order valence-corrected chi connectivity index (χ0v) is 11.4. The van der Waals surface area contributed by atoms with Crippen molar-refractivity contribution in [2.24, 2.45) is 5.73 Å². The maximum Gasteiger partial charge on any atom is 0.239 e. The molecule has 0 aliphatic rings. The van der Waals surface area contributed by atoms with Crippen LogP contribution in [-0.2, 0) is 9.53 Å². The van der Waals surface area contributed by atoms with Crippen LogP contribution in [-0.4, -0.2) is 25.7 Å². The quantitative estimate of drug-likeness (QED) is 0.830. The average Bonchev–Trinajstić information content (AvgIpc) is 2.35. The van der Waals surface area contributed by atoms with E-state index in [2.05, 4.69) is 5.32 Å². The van der Waals surface area contributed by atoms with Gasteiger partial charge in [-0.1, -0.05) is 30.7 Å². The average molecular weight is 271 g/mol. The van der Waals surface area contributed by atoms with Gasteiger partial charge in [0.15, 0.2) is 0 Å². The number of hydrogen-bond acceptors (Lipinski definition) is 3. The van der Waals surface area contributed by atoms with Crippen molar-refractivity contribution in [2.75, 3.05) is 13.7 Å². The Hall–Kier alpha value is -1.10. The zero-order valence-electron chi connectivity index (χ0n) is 10.7. The number of carbonyl (C=O) groups is 1. The largest absolute Gasteiger partial charge is 0.383 e. The van der Waals surface area contributed by atoms with Crippen molar-refractivity contribution >= 4 is 17.5 Å². The molecular weight excluding hydrogens is 252 g/mol. The van der Waals surface area contributed by atoms with Crippen LogP contribution in [0.4, 0.5) is 0 Å². The van der Waals surface area contributed by atoms with Crippen LogP contribution in [0.5, 0.6) is 0 Å². The summed E-state index contributed by atoms with van der Waals surface area (Å²) in [5, 5.41) is 3.55. The summed E-state index contributed by atoms with van der Waals surface area (Å²) < 4.78 is 4.86. The van der Waals surface area contributed by atoms with E-state index in [0.29, 0.717) is 5.02 Å². The second kappa shape index (κ2) is 7.36. The van der Waals surface area contributed by atoms with E-state index < -0.39 is 6.04 Å². The van der Waals surface area contributed by atoms with Gasteiger partial charge in [0.05, 0.1) is 12.6 Å². The van der Waals surface area contributed by atoms with Crippen molar-refractivity contribution in [3.8, 4) is 0 Å². The number of methoxy groups -OCH3 is 1. The molecule has 1 amide bonds. The normalized spacial score (nSPS) is 14.0. The Balaban J connectivity index is 2.70. The van der Waals surface area contributed by atoms with Gasteiger partial charge in [-0.25, -0.2) is 0 Å². The zero-order chi connectivity index (χ0) is 13.5. The van der Waals surface area contributed by atoms with Crippen molar-refractivity contribution in [1.29, 1.82) is 0 Å². The smallest absolute Gasteiger partial charge is 0.239 e. The SMILES string of the molecule is CCC(NC(=O)C(N)COC)c1cccc(Cl)c1. The van der Waals surface area contributed by atoms with E-state index in [9.17, 15) is 4.79 Å². The lowest BCUT2D eigenvalue weighted by Gasteiger charge is -2.20. The topological polar surface area (TPSA) is 64.4 Å². The third kappa shape index (κ3) is 4.29. The number of nitrogens with two attached hydrogens (primary N) is 1. The molecule has 0 radical (unpaired) electrons. The third-order valence-electron chi connectivity index (χ3n) is 2.66. The number of amides is 1. The van der Waals surface area contributed by atoms with Crippen molar-refractivity contribution in [3.63, 3.8) is 0 Å². The van der Waals surface area contributed by atoms with Gasteiger partial charge in [0.25, 0.3) is 0 Å². The van der Waals surface area contributed by atoms with Crippen molar-refractivity contribution in [1.82, 2.24) is 5.32 Å². The number of nitrogens with one attached hydrogen (secondary N) is 1. The molecule has 2 atom stereocenters. The summed E-state index contributed by atoms with van der Waals surface area (Å²) in [7, 11) is 1.52. The molecule has 5 heteroatoms. The lowest BCUT2D eigenvalue weighted by Crippen LogP contribution is -2.44. The second-order valence-electron chi connectivity index (χ2n) is 4.09. The molecule has 0 aromatic heterocycles. The van der Waals surface area contributed by atoms with Gasteiger partial charge >= 0.3 is 0 Å². The second-order valence-corrected chi connectivity index (χ2v) is 4.52. The first kappa shape index (κ1) is 15.0. The van der Waals surface area contributed by atoms with Gasteiger partial charge in [-0.05, 0) is 24.1 Å². The highest BCUT2D eigenvalue weighted by Gasteiger charge is 2.18. The van der Waals surface area contributed by atoms with Gasteiger partial charge in [-0.15, -0.1) is 0 Å². The molecule has 0 bridgehead atoms. The molecule has 0 saturated carbocycles. The van der Waals surface area contributed by atoms with Crippen LogP contribution < -0.4 is 11.1 Å². The molecule has 0 heterocycles. The molecule has 0 saturated heterocycles. The predicted molar refractivity (Wildman–Crippen MR) is 72.5 cm³/mol. The van der Waals surface area contributed by atoms with E-state index in [4.69, 9.17) is 22.1 Å². The molecule has 100 valence electrons. The van der Waals surface area contributed by atoms with Crippen molar-refractivity contribution < 1.29 is 9.53 Å². The summed E-state index contributed by atoms with van der Waals surface area (Å²) in [5.41, 5.74) is 6.65. The van der Waals surface area contributed by atoms with Crippen LogP contribution >= 0.6 is 11.6 Å². The first-order chi connectivity index (χ1) is 8.58. The molecule has 0 aliphatic heterocycles. The highest BCUT2D eigenvalue weighted by molar-refractivity contribution is 6.30. The molecule has 1 aromatic rings. The van der Waals surface area contributed by atoms with E-state index in [0.717, 1.165) is 12.0 Å². The monoisotopic (exact) mass is 270 g/mol. The third-order valence-corrected chi connectivity index (χ3v) is 2.89. The molecule has 3 N–H and O–H groups in total. The predicted octanol–water partition coefficient (Wildman–Crippen LogP) is 1.88. The highest BCUT2D eigenvalue weighted by Crippen LogP contribution is 2.20. The molecular formula is C13H19ClN2O2. The summed E-state index contributed by atoms with van der Waals surface area (Å²) in [6.07, 6.45) is 0.770. The number of hydrogen-bond donors (Lipinski definition) is 2. The van der Waals surface area contributed by atoms with Crippen LogP contribution in [0.1, 0.15) is 24.9 Å². The molecule has 1 aromatic carbocycles. The minimum absolute atomic E-state index is 0.0842. The number of ether oxygens (including phenoxy) is 1. The Labute approximate surface area is 112 Å². The number of benzene rings is 1. The lowest BCUT2D eigenvalue weighted by atomic mass is 10.0. The molecule has 1 rings (SSSR count). The van der Waals surface area contributed by atoms with Gasteiger partial charge in [0.2, 0.25) is 5.91 Å². The molecule has 0 aliphatic carbocycles. The Kier molecular flexibility index (Phi) is 6.12. The first-order valence-electron chi connectivity index (χ1n) is 5.88. The van der Waals surface area contributed by atoms with Gasteiger partial charge in [0.1, 0.15) is 6.04 Å². The van der Waals surface area contributed by atoms with Gasteiger partial charge in [0, 0.05) is 12.1 Å². The highest BCUT2D eigenvalue weighted by atomic mass is 35.5. The number of carbonyl (C=O) groups excluding carboxylic acids is 1. The fourth-order valence-electron chi connectivity index (χ4n) is 1.68. The maximum atomic E-state index is 11.8. The fraction of sp³-hybridized carbons (Fsp3) is 0.462. The number of rotatable bonds is 6. The Morgan fingerprint density at radius 2 is 2.28 bits per heavy atom. The van der Waals surface area contributed by atoms with E-state index in [1.807, 2.05) is 25.1 Å². The molecule has 0 fully saturated rings. The van der Waals surface area contributed by atoms with Crippen LogP contribution in [0.25, 0.3) is 0 Å². The summed E-state index contributed by atoms with van der Waals surface area (Å²) in [6, 6.07) is 6.71. The van der Waals surface area contributed by atoms with Crippen molar-refractivity contribution in [2.45, 2.75) is 25.4 Å². The minimum Gasteiger partial charge on any atom is -0.383 e. The Morgan fingerprint density at radius 1 is 1.56 bits per heavy atom. The van der Waals surface area contributed by atoms with Gasteiger partial charge in [-0.2, -0.15) is 0 Å². The van der Waals surface area contributed by atoms with Gasteiger partial charge in [-0.3, -0.25) is 4.79 Å². The molecule has 0 spiro atoms. The number of halogens is 1. The molecule has 4 nitrogen and oxygen atoms in total. The Morgan fingerprint density at radius 3 is 2.83 bits per heavy atom. The first-order valence-corrected chi connectivity index (χ1v) is 6.26. The van der Waals surface area contributed by atoms with E-state index in [-0.39, 0.29) is 18.6 Å².